The van der Waals surface area contributed by atoms with Crippen molar-refractivity contribution in [1.29, 1.82) is 0 Å². The number of hydrogen-bond acceptors (Lipinski definition) is 2. The van der Waals surface area contributed by atoms with Crippen molar-refractivity contribution in [3.8, 4) is 0 Å². The Kier molecular flexibility index (Phi) is 3.58. The van der Waals surface area contributed by atoms with Gasteiger partial charge in [-0.2, -0.15) is 0 Å². The molecule has 1 aliphatic heterocycles. The molecule has 1 saturated heterocycles. The van der Waals surface area contributed by atoms with Gasteiger partial charge in [-0.05, 0) is 12.1 Å². The number of benzene rings is 1. The molecule has 80 valence electrons. The predicted molar refractivity (Wildman–Crippen MR) is 67.9 cm³/mol. The van der Waals surface area contributed by atoms with Crippen LogP contribution < -0.4 is 0 Å². The van der Waals surface area contributed by atoms with Crippen LogP contribution in [0.5, 0.6) is 0 Å². The van der Waals surface area contributed by atoms with Gasteiger partial charge in [0.1, 0.15) is 0 Å². The Balaban J connectivity index is 2.03. The van der Waals surface area contributed by atoms with Crippen LogP contribution in [-0.4, -0.2) is 40.1 Å². The third kappa shape index (κ3) is 2.69. The lowest BCUT2D eigenvalue weighted by molar-refractivity contribution is 0.0711. The van der Waals surface area contributed by atoms with Crippen molar-refractivity contribution in [3.05, 3.63) is 35.9 Å². The first kappa shape index (κ1) is 10.9. The Morgan fingerprint density at radius 2 is 1.67 bits per heavy atom. The smallest absolute Gasteiger partial charge is 0.253 e. The Bertz CT molecular complexity index is 334. The molecular weight excluding hydrogens is 303 g/mol. The number of carbonyl (C=O) groups is 1. The zero-order chi connectivity index (χ0) is 10.7. The zero-order valence-corrected chi connectivity index (χ0v) is 10.6. The molecule has 0 atom stereocenters. The molecule has 3 nitrogen and oxygen atoms in total. The van der Waals surface area contributed by atoms with E-state index in [0.717, 1.165) is 31.7 Å². The molecule has 2 rings (SSSR count). The minimum absolute atomic E-state index is 0.153. The van der Waals surface area contributed by atoms with E-state index in [1.807, 2.05) is 35.2 Å². The summed E-state index contributed by atoms with van der Waals surface area (Å²) >= 11 is 2.30. The number of hydrogen-bond donors (Lipinski definition) is 0. The summed E-state index contributed by atoms with van der Waals surface area (Å²) in [4.78, 5) is 13.9. The lowest BCUT2D eigenvalue weighted by Gasteiger charge is -2.31. The van der Waals surface area contributed by atoms with Gasteiger partial charge in [-0.15, -0.1) is 0 Å². The minimum atomic E-state index is 0.153. The van der Waals surface area contributed by atoms with Gasteiger partial charge in [-0.3, -0.25) is 4.79 Å². The van der Waals surface area contributed by atoms with Gasteiger partial charge >= 0.3 is 0 Å². The Hall–Kier alpha value is -0.620. The SMILES string of the molecule is O=C(c1ccccc1)N1CCN(I)CC1. The van der Waals surface area contributed by atoms with E-state index in [0.29, 0.717) is 0 Å². The Morgan fingerprint density at radius 3 is 2.27 bits per heavy atom. The standard InChI is InChI=1S/C11H13IN2O/c12-14-8-6-13(7-9-14)11(15)10-4-2-1-3-5-10/h1-5H,6-9H2. The van der Waals surface area contributed by atoms with Crippen LogP contribution in [0.1, 0.15) is 10.4 Å². The van der Waals surface area contributed by atoms with Crippen LogP contribution in [0, 0.1) is 0 Å². The van der Waals surface area contributed by atoms with Crippen molar-refractivity contribution in [3.63, 3.8) is 0 Å². The van der Waals surface area contributed by atoms with Crippen molar-refractivity contribution in [2.24, 2.45) is 0 Å². The molecular formula is C11H13IN2O. The van der Waals surface area contributed by atoms with Gasteiger partial charge in [-0.25, -0.2) is 3.11 Å². The molecule has 0 spiro atoms. The van der Waals surface area contributed by atoms with E-state index in [9.17, 15) is 4.79 Å². The first-order chi connectivity index (χ1) is 7.27. The van der Waals surface area contributed by atoms with E-state index in [1.165, 1.54) is 0 Å². The molecule has 1 aliphatic rings. The highest BCUT2D eigenvalue weighted by atomic mass is 127. The molecule has 1 aromatic carbocycles. The fourth-order valence-corrected chi connectivity index (χ4v) is 2.08. The maximum Gasteiger partial charge on any atom is 0.253 e. The maximum absolute atomic E-state index is 12.0. The first-order valence-electron chi connectivity index (χ1n) is 5.02. The van der Waals surface area contributed by atoms with Crippen LogP contribution >= 0.6 is 22.9 Å². The van der Waals surface area contributed by atoms with E-state index in [-0.39, 0.29) is 5.91 Å². The second kappa shape index (κ2) is 4.94. The average molecular weight is 316 g/mol. The maximum atomic E-state index is 12.0. The summed E-state index contributed by atoms with van der Waals surface area (Å²) in [5, 5.41) is 0. The largest absolute Gasteiger partial charge is 0.336 e. The number of piperazine rings is 1. The van der Waals surface area contributed by atoms with Crippen LogP contribution in [0.15, 0.2) is 30.3 Å². The summed E-state index contributed by atoms with van der Waals surface area (Å²) in [7, 11) is 0. The minimum Gasteiger partial charge on any atom is -0.336 e. The molecule has 1 amide bonds. The van der Waals surface area contributed by atoms with E-state index >= 15 is 0 Å². The molecule has 0 N–H and O–H groups in total. The lowest BCUT2D eigenvalue weighted by Crippen LogP contribution is -2.45. The Labute approximate surface area is 104 Å². The predicted octanol–water partition coefficient (Wildman–Crippen LogP) is 1.79. The van der Waals surface area contributed by atoms with E-state index < -0.39 is 0 Å². The van der Waals surface area contributed by atoms with Crippen molar-refractivity contribution in [1.82, 2.24) is 8.01 Å². The van der Waals surface area contributed by atoms with Crippen molar-refractivity contribution in [2.45, 2.75) is 0 Å². The molecule has 1 aromatic rings. The number of carbonyl (C=O) groups excluding carboxylic acids is 1. The number of halogens is 1. The van der Waals surface area contributed by atoms with Crippen LogP contribution in [0.2, 0.25) is 0 Å². The summed E-state index contributed by atoms with van der Waals surface area (Å²) < 4.78 is 2.21. The first-order valence-corrected chi connectivity index (χ1v) is 5.99. The van der Waals surface area contributed by atoms with Gasteiger partial charge in [-0.1, -0.05) is 18.2 Å². The monoisotopic (exact) mass is 316 g/mol. The van der Waals surface area contributed by atoms with Gasteiger partial charge in [0, 0.05) is 54.6 Å². The Morgan fingerprint density at radius 1 is 1.07 bits per heavy atom. The van der Waals surface area contributed by atoms with Crippen molar-refractivity contribution >= 4 is 28.8 Å². The molecule has 0 radical (unpaired) electrons. The van der Waals surface area contributed by atoms with E-state index in [4.69, 9.17) is 0 Å². The molecule has 1 fully saturated rings. The highest BCUT2D eigenvalue weighted by molar-refractivity contribution is 14.1. The lowest BCUT2D eigenvalue weighted by atomic mass is 10.2. The van der Waals surface area contributed by atoms with Crippen LogP contribution in [0.25, 0.3) is 0 Å². The van der Waals surface area contributed by atoms with Crippen molar-refractivity contribution in [2.75, 3.05) is 26.2 Å². The summed E-state index contributed by atoms with van der Waals surface area (Å²) in [6.07, 6.45) is 0. The fraction of sp³-hybridized carbons (Fsp3) is 0.364. The van der Waals surface area contributed by atoms with Gasteiger partial charge < -0.3 is 4.90 Å². The van der Waals surface area contributed by atoms with Crippen LogP contribution in [0.3, 0.4) is 0 Å². The summed E-state index contributed by atoms with van der Waals surface area (Å²) in [5.74, 6) is 0.153. The van der Waals surface area contributed by atoms with E-state index in [2.05, 4.69) is 26.0 Å². The molecule has 0 bridgehead atoms. The van der Waals surface area contributed by atoms with Crippen LogP contribution in [0.4, 0.5) is 0 Å². The highest BCUT2D eigenvalue weighted by Crippen LogP contribution is 2.10. The molecule has 0 aromatic heterocycles. The summed E-state index contributed by atoms with van der Waals surface area (Å²) in [6, 6.07) is 9.49. The quantitative estimate of drug-likeness (QED) is 0.583. The molecule has 4 heteroatoms. The fourth-order valence-electron chi connectivity index (χ4n) is 1.65. The highest BCUT2D eigenvalue weighted by Gasteiger charge is 2.20. The molecule has 0 aliphatic carbocycles. The van der Waals surface area contributed by atoms with Gasteiger partial charge in [0.05, 0.1) is 0 Å². The number of amides is 1. The van der Waals surface area contributed by atoms with Gasteiger partial charge in [0.25, 0.3) is 5.91 Å². The zero-order valence-electron chi connectivity index (χ0n) is 8.40. The van der Waals surface area contributed by atoms with Crippen molar-refractivity contribution < 1.29 is 4.79 Å². The third-order valence-corrected chi connectivity index (χ3v) is 3.50. The molecule has 1 heterocycles. The van der Waals surface area contributed by atoms with E-state index in [1.54, 1.807) is 0 Å². The summed E-state index contributed by atoms with van der Waals surface area (Å²) in [6.45, 7) is 3.58. The molecule has 15 heavy (non-hydrogen) atoms. The number of nitrogens with zero attached hydrogens (tertiary/aromatic N) is 2. The topological polar surface area (TPSA) is 23.6 Å². The second-order valence-corrected chi connectivity index (χ2v) is 4.93. The molecule has 0 unspecified atom stereocenters. The van der Waals surface area contributed by atoms with Crippen LogP contribution in [-0.2, 0) is 0 Å². The molecule has 0 saturated carbocycles. The second-order valence-electron chi connectivity index (χ2n) is 3.57. The average Bonchev–Trinajstić information content (AvgIpc) is 2.30. The summed E-state index contributed by atoms with van der Waals surface area (Å²) in [5.41, 5.74) is 0.791. The number of rotatable bonds is 1. The van der Waals surface area contributed by atoms with Gasteiger partial charge in [0.15, 0.2) is 0 Å². The third-order valence-electron chi connectivity index (χ3n) is 2.53. The normalized spacial score (nSPS) is 17.8. The van der Waals surface area contributed by atoms with Gasteiger partial charge in [0.2, 0.25) is 0 Å².